The molecule has 0 fully saturated rings. The van der Waals surface area contributed by atoms with E-state index in [1.807, 2.05) is 32.9 Å². The number of carbonyl (C=O) groups excluding carboxylic acids is 2. The van der Waals surface area contributed by atoms with Gasteiger partial charge in [-0.25, -0.2) is 4.98 Å². The van der Waals surface area contributed by atoms with E-state index in [2.05, 4.69) is 15.6 Å². The van der Waals surface area contributed by atoms with E-state index in [0.29, 0.717) is 40.7 Å². The third kappa shape index (κ3) is 6.45. The van der Waals surface area contributed by atoms with Gasteiger partial charge in [0.1, 0.15) is 4.88 Å². The molecule has 0 atom stereocenters. The predicted octanol–water partition coefficient (Wildman–Crippen LogP) is 3.89. The molecule has 1 aromatic heterocycles. The molecular formula is C24H29N4O4S+. The first-order valence-corrected chi connectivity index (χ1v) is 11.5. The maximum absolute atomic E-state index is 12.8. The minimum Gasteiger partial charge on any atom is -0.321 e. The minimum absolute atomic E-state index is 0.168. The van der Waals surface area contributed by atoms with E-state index in [9.17, 15) is 9.59 Å². The summed E-state index contributed by atoms with van der Waals surface area (Å²) in [5.41, 5.74) is 5.85. The van der Waals surface area contributed by atoms with E-state index in [-0.39, 0.29) is 11.8 Å². The Bertz CT molecular complexity index is 1130. The fourth-order valence-corrected chi connectivity index (χ4v) is 4.54. The second-order valence-corrected chi connectivity index (χ2v) is 9.08. The zero-order valence-electron chi connectivity index (χ0n) is 19.2. The second kappa shape index (κ2) is 10.7. The lowest BCUT2D eigenvalue weighted by molar-refractivity contribution is -1.19. The highest BCUT2D eigenvalue weighted by Gasteiger charge is 2.18. The van der Waals surface area contributed by atoms with E-state index in [1.54, 1.807) is 31.2 Å². The highest BCUT2D eigenvalue weighted by molar-refractivity contribution is 7.17. The van der Waals surface area contributed by atoms with Crippen LogP contribution in [0.25, 0.3) is 0 Å². The third-order valence-corrected chi connectivity index (χ3v) is 6.32. The number of hydrogen-bond acceptors (Lipinski definition) is 6. The number of benzene rings is 2. The summed E-state index contributed by atoms with van der Waals surface area (Å²) >= 11 is 1.16. The van der Waals surface area contributed by atoms with Gasteiger partial charge in [0.05, 0.1) is 5.69 Å². The number of rotatable bonds is 8. The van der Waals surface area contributed by atoms with E-state index >= 15 is 0 Å². The molecule has 0 saturated carbocycles. The molecule has 3 aromatic rings. The van der Waals surface area contributed by atoms with Crippen LogP contribution in [0.1, 0.15) is 50.5 Å². The van der Waals surface area contributed by atoms with Gasteiger partial charge in [-0.15, -0.1) is 0 Å². The van der Waals surface area contributed by atoms with Gasteiger partial charge in [-0.3, -0.25) is 9.59 Å². The molecule has 2 aromatic carbocycles. The highest BCUT2D eigenvalue weighted by atomic mass is 32.1. The Morgan fingerprint density at radius 2 is 1.64 bits per heavy atom. The molecule has 0 spiro atoms. The molecule has 33 heavy (non-hydrogen) atoms. The van der Waals surface area contributed by atoms with Crippen molar-refractivity contribution in [1.82, 2.24) is 4.98 Å². The van der Waals surface area contributed by atoms with Crippen LogP contribution in [0.2, 0.25) is 0 Å². The van der Waals surface area contributed by atoms with Gasteiger partial charge in [0.2, 0.25) is 5.91 Å². The van der Waals surface area contributed by atoms with Gasteiger partial charge in [0.25, 0.3) is 5.91 Å². The Balaban J connectivity index is 1.55. The van der Waals surface area contributed by atoms with E-state index in [0.717, 1.165) is 39.3 Å². The molecular weight excluding hydrogens is 440 g/mol. The fraction of sp³-hybridized carbons (Fsp3) is 0.292. The molecule has 5 N–H and O–H groups in total. The maximum Gasteiger partial charge on any atom is 0.267 e. The number of nitrogens with one attached hydrogen (secondary N) is 3. The fourth-order valence-electron chi connectivity index (χ4n) is 3.66. The smallest absolute Gasteiger partial charge is 0.267 e. The van der Waals surface area contributed by atoms with Crippen LogP contribution < -0.4 is 15.9 Å². The van der Waals surface area contributed by atoms with Crippen molar-refractivity contribution in [2.75, 3.05) is 10.6 Å². The average molecular weight is 470 g/mol. The van der Waals surface area contributed by atoms with E-state index < -0.39 is 5.23 Å². The summed E-state index contributed by atoms with van der Waals surface area (Å²) in [6, 6.07) is 10.9. The summed E-state index contributed by atoms with van der Waals surface area (Å²) in [7, 11) is 0. The first-order valence-electron chi connectivity index (χ1n) is 10.6. The topological polar surface area (TPSA) is 116 Å². The van der Waals surface area contributed by atoms with Crippen molar-refractivity contribution in [3.8, 4) is 0 Å². The molecule has 3 rings (SSSR count). The monoisotopic (exact) mass is 469 g/mol. The van der Waals surface area contributed by atoms with Crippen molar-refractivity contribution in [1.29, 1.82) is 0 Å². The zero-order chi connectivity index (χ0) is 24.1. The zero-order valence-corrected chi connectivity index (χ0v) is 20.0. The van der Waals surface area contributed by atoms with Gasteiger partial charge in [0, 0.05) is 24.2 Å². The van der Waals surface area contributed by atoms with Crippen LogP contribution in [0, 0.1) is 27.7 Å². The van der Waals surface area contributed by atoms with Gasteiger partial charge in [0.15, 0.2) is 10.8 Å². The van der Waals surface area contributed by atoms with Crippen LogP contribution in [0.5, 0.6) is 0 Å². The number of quaternary nitrogens is 1. The third-order valence-electron chi connectivity index (χ3n) is 5.25. The summed E-state index contributed by atoms with van der Waals surface area (Å²) in [5.74, 6) is -0.408. The molecule has 8 nitrogen and oxygen atoms in total. The average Bonchev–Trinajstić information content (AvgIpc) is 3.10. The minimum atomic E-state index is -0.711. The number of anilines is 2. The van der Waals surface area contributed by atoms with Crippen molar-refractivity contribution in [2.24, 2.45) is 0 Å². The molecule has 0 unspecified atom stereocenters. The number of aromatic nitrogens is 1. The molecule has 0 radical (unpaired) electrons. The van der Waals surface area contributed by atoms with Gasteiger partial charge < -0.3 is 10.6 Å². The van der Waals surface area contributed by atoms with Gasteiger partial charge >= 0.3 is 0 Å². The largest absolute Gasteiger partial charge is 0.321 e. The summed E-state index contributed by atoms with van der Waals surface area (Å²) in [6.45, 7) is 7.70. The number of hydrogen-bond donors (Lipinski definition) is 5. The Labute approximate surface area is 196 Å². The van der Waals surface area contributed by atoms with Crippen LogP contribution in [-0.4, -0.2) is 27.2 Å². The van der Waals surface area contributed by atoms with Crippen molar-refractivity contribution < 1.29 is 25.2 Å². The lowest BCUT2D eigenvalue weighted by Crippen LogP contribution is -3.01. The van der Waals surface area contributed by atoms with Crippen LogP contribution in [0.3, 0.4) is 0 Å². The molecule has 1 heterocycles. The first kappa shape index (κ1) is 24.5. The van der Waals surface area contributed by atoms with Crippen LogP contribution in [0.15, 0.2) is 36.4 Å². The molecule has 9 heteroatoms. The van der Waals surface area contributed by atoms with Crippen LogP contribution in [-0.2, 0) is 11.2 Å². The van der Waals surface area contributed by atoms with Crippen LogP contribution in [0.4, 0.5) is 16.5 Å². The first-order chi connectivity index (χ1) is 15.6. The van der Waals surface area contributed by atoms with Crippen molar-refractivity contribution in [3.05, 3.63) is 69.2 Å². The predicted molar refractivity (Wildman–Crippen MR) is 128 cm³/mol. The number of carbonyl (C=O) groups is 2. The summed E-state index contributed by atoms with van der Waals surface area (Å²) in [6.07, 6.45) is 1.62. The highest BCUT2D eigenvalue weighted by Crippen LogP contribution is 2.27. The summed E-state index contributed by atoms with van der Waals surface area (Å²) in [5, 5.41) is 23.6. The lowest BCUT2D eigenvalue weighted by atomic mass is 10.1. The van der Waals surface area contributed by atoms with Crippen molar-refractivity contribution >= 4 is 39.7 Å². The van der Waals surface area contributed by atoms with Gasteiger partial charge in [-0.05, 0) is 62.5 Å². The standard InChI is InChI=1S/C24H28N4O4S/c1-14-12-15(2)21(16(3)13-14)27-23(30)22-17(4)25-24(33-22)26-20(29)7-5-6-18-8-10-19(11-9-18)28(31)32/h8-13,31-32H,5-7H2,1-4H3,(H,27,30)(H,25,26,29)/p+1. The SMILES string of the molecule is Cc1cc(C)c(NC(=O)c2sc(NC(=O)CCCc3ccc([NH+](O)O)cc3)nc2C)c(C)c1. The van der Waals surface area contributed by atoms with E-state index in [4.69, 9.17) is 10.4 Å². The Hall–Kier alpha value is -3.11. The number of thiazole rings is 1. The normalized spacial score (nSPS) is 11.0. The summed E-state index contributed by atoms with van der Waals surface area (Å²) < 4.78 is 0. The Morgan fingerprint density at radius 1 is 1.00 bits per heavy atom. The quantitative estimate of drug-likeness (QED) is 0.321. The Kier molecular flexibility index (Phi) is 7.93. The van der Waals surface area contributed by atoms with Crippen LogP contribution >= 0.6 is 11.3 Å². The second-order valence-electron chi connectivity index (χ2n) is 8.08. The van der Waals surface area contributed by atoms with Gasteiger partial charge in [-0.2, -0.15) is 10.4 Å². The molecule has 0 saturated heterocycles. The molecule has 0 aliphatic rings. The number of aryl methyl sites for hydroxylation is 5. The number of nitrogens with zero attached hydrogens (tertiary/aromatic N) is 1. The summed E-state index contributed by atoms with van der Waals surface area (Å²) in [4.78, 5) is 30.0. The van der Waals surface area contributed by atoms with Crippen molar-refractivity contribution in [3.63, 3.8) is 0 Å². The Morgan fingerprint density at radius 3 is 2.24 bits per heavy atom. The molecule has 0 bridgehead atoms. The van der Waals surface area contributed by atoms with Crippen molar-refractivity contribution in [2.45, 2.75) is 47.0 Å². The number of amides is 2. The molecule has 174 valence electrons. The maximum atomic E-state index is 12.8. The lowest BCUT2D eigenvalue weighted by Gasteiger charge is -2.12. The van der Waals surface area contributed by atoms with E-state index in [1.165, 1.54) is 0 Å². The molecule has 2 amide bonds. The molecule has 0 aliphatic carbocycles. The molecule has 0 aliphatic heterocycles. The van der Waals surface area contributed by atoms with Gasteiger partial charge in [-0.1, -0.05) is 41.2 Å².